The van der Waals surface area contributed by atoms with Crippen molar-refractivity contribution in [2.24, 2.45) is 0 Å². The Morgan fingerprint density at radius 2 is 2.31 bits per heavy atom. The van der Waals surface area contributed by atoms with E-state index in [-0.39, 0.29) is 5.54 Å². The lowest BCUT2D eigenvalue weighted by Gasteiger charge is -2.28. The van der Waals surface area contributed by atoms with E-state index < -0.39 is 0 Å². The maximum Gasteiger partial charge on any atom is 0.0522 e. The molecule has 0 saturated carbocycles. The number of hydrogen-bond donors (Lipinski definition) is 1. The van der Waals surface area contributed by atoms with Gasteiger partial charge in [-0.1, -0.05) is 12.8 Å². The van der Waals surface area contributed by atoms with E-state index in [4.69, 9.17) is 0 Å². The summed E-state index contributed by atoms with van der Waals surface area (Å²) in [6.45, 7) is 6.60. The molecule has 1 unspecified atom stereocenters. The van der Waals surface area contributed by atoms with E-state index in [2.05, 4.69) is 30.5 Å². The summed E-state index contributed by atoms with van der Waals surface area (Å²) in [7, 11) is 0. The van der Waals surface area contributed by atoms with Gasteiger partial charge in [-0.05, 0) is 45.2 Å². The van der Waals surface area contributed by atoms with Crippen molar-refractivity contribution in [3.8, 4) is 0 Å². The van der Waals surface area contributed by atoms with Crippen molar-refractivity contribution < 1.29 is 0 Å². The first kappa shape index (κ1) is 11.6. The molecule has 1 aliphatic heterocycles. The van der Waals surface area contributed by atoms with Crippen LogP contribution in [0.15, 0.2) is 12.4 Å². The van der Waals surface area contributed by atoms with Crippen molar-refractivity contribution in [2.45, 2.75) is 58.0 Å². The van der Waals surface area contributed by atoms with Crippen molar-refractivity contribution in [1.29, 1.82) is 0 Å². The molecule has 2 heterocycles. The second-order valence-electron chi connectivity index (χ2n) is 5.18. The van der Waals surface area contributed by atoms with Crippen LogP contribution >= 0.6 is 0 Å². The number of nitrogens with zero attached hydrogens (tertiary/aromatic N) is 2. The first-order chi connectivity index (χ1) is 7.72. The Balaban J connectivity index is 2.00. The van der Waals surface area contributed by atoms with E-state index in [0.717, 1.165) is 13.0 Å². The lowest BCUT2D eigenvalue weighted by molar-refractivity contribution is 0.345. The lowest BCUT2D eigenvalue weighted by Crippen LogP contribution is -2.43. The topological polar surface area (TPSA) is 29.9 Å². The van der Waals surface area contributed by atoms with Crippen LogP contribution in [0.25, 0.3) is 0 Å². The predicted molar refractivity (Wildman–Crippen MR) is 66.5 cm³/mol. The average Bonchev–Trinajstić information content (AvgIpc) is 2.60. The predicted octanol–water partition coefficient (Wildman–Crippen LogP) is 2.37. The van der Waals surface area contributed by atoms with E-state index in [1.807, 2.05) is 10.9 Å². The third kappa shape index (κ3) is 2.85. The minimum atomic E-state index is 0.276. The summed E-state index contributed by atoms with van der Waals surface area (Å²) in [5.74, 6) is 0. The van der Waals surface area contributed by atoms with Crippen LogP contribution in [0.2, 0.25) is 0 Å². The van der Waals surface area contributed by atoms with E-state index in [9.17, 15) is 0 Å². The smallest absolute Gasteiger partial charge is 0.0522 e. The molecular formula is C13H23N3. The van der Waals surface area contributed by atoms with Crippen molar-refractivity contribution in [3.05, 3.63) is 18.0 Å². The Morgan fingerprint density at radius 3 is 3.06 bits per heavy atom. The molecule has 3 heteroatoms. The van der Waals surface area contributed by atoms with Crippen LogP contribution in [0, 0.1) is 0 Å². The average molecular weight is 221 g/mol. The fourth-order valence-corrected chi connectivity index (χ4v) is 2.57. The van der Waals surface area contributed by atoms with Crippen molar-refractivity contribution in [3.63, 3.8) is 0 Å². The highest BCUT2D eigenvalue weighted by atomic mass is 15.3. The summed E-state index contributed by atoms with van der Waals surface area (Å²) in [5.41, 5.74) is 1.64. The number of hydrogen-bond acceptors (Lipinski definition) is 2. The summed E-state index contributed by atoms with van der Waals surface area (Å²) >= 11 is 0. The van der Waals surface area contributed by atoms with Gasteiger partial charge in [0, 0.05) is 18.3 Å². The van der Waals surface area contributed by atoms with Gasteiger partial charge in [-0.25, -0.2) is 0 Å². The summed E-state index contributed by atoms with van der Waals surface area (Å²) in [5, 5.41) is 8.04. The molecule has 2 rings (SSSR count). The molecule has 1 saturated heterocycles. The van der Waals surface area contributed by atoms with Crippen LogP contribution in [0.3, 0.4) is 0 Å². The minimum Gasteiger partial charge on any atom is -0.311 e. The van der Waals surface area contributed by atoms with E-state index in [1.165, 1.54) is 37.8 Å². The monoisotopic (exact) mass is 221 g/mol. The lowest BCUT2D eigenvalue weighted by atomic mass is 9.90. The van der Waals surface area contributed by atoms with Gasteiger partial charge in [0.05, 0.1) is 6.20 Å². The molecule has 1 aromatic heterocycles. The standard InChI is InChI=1S/C13H23N3/c1-3-16-11-12(10-15-16)9-13(2)7-5-4-6-8-14-13/h10-11,14H,3-9H2,1-2H3. The van der Waals surface area contributed by atoms with E-state index in [0.29, 0.717) is 0 Å². The number of aryl methyl sites for hydroxylation is 1. The normalized spacial score (nSPS) is 26.6. The minimum absolute atomic E-state index is 0.276. The van der Waals surface area contributed by atoms with Gasteiger partial charge < -0.3 is 5.32 Å². The van der Waals surface area contributed by atoms with Gasteiger partial charge in [-0.3, -0.25) is 4.68 Å². The Hall–Kier alpha value is -0.830. The quantitative estimate of drug-likeness (QED) is 0.849. The number of nitrogens with one attached hydrogen (secondary N) is 1. The third-order valence-corrected chi connectivity index (χ3v) is 3.56. The molecule has 0 bridgehead atoms. The van der Waals surface area contributed by atoms with Gasteiger partial charge in [-0.15, -0.1) is 0 Å². The molecular weight excluding hydrogens is 198 g/mol. The SMILES string of the molecule is CCn1cc(CC2(C)CCCCCN2)cn1. The highest BCUT2D eigenvalue weighted by Crippen LogP contribution is 2.22. The number of aromatic nitrogens is 2. The number of rotatable bonds is 3. The Bertz CT molecular complexity index is 322. The zero-order valence-electron chi connectivity index (χ0n) is 10.5. The molecule has 0 aliphatic carbocycles. The van der Waals surface area contributed by atoms with Crippen LogP contribution in [0.4, 0.5) is 0 Å². The maximum absolute atomic E-state index is 4.34. The Kier molecular flexibility index (Phi) is 3.64. The third-order valence-electron chi connectivity index (χ3n) is 3.56. The van der Waals surface area contributed by atoms with Gasteiger partial charge in [0.15, 0.2) is 0 Å². The molecule has 16 heavy (non-hydrogen) atoms. The molecule has 1 N–H and O–H groups in total. The molecule has 1 atom stereocenters. The van der Waals surface area contributed by atoms with Gasteiger partial charge in [0.2, 0.25) is 0 Å². The largest absolute Gasteiger partial charge is 0.311 e. The van der Waals surface area contributed by atoms with Crippen LogP contribution in [-0.4, -0.2) is 21.9 Å². The van der Waals surface area contributed by atoms with E-state index >= 15 is 0 Å². The van der Waals surface area contributed by atoms with Gasteiger partial charge >= 0.3 is 0 Å². The summed E-state index contributed by atoms with van der Waals surface area (Å²) in [6.07, 6.45) is 10.6. The van der Waals surface area contributed by atoms with Crippen LogP contribution in [0.1, 0.15) is 45.1 Å². The molecule has 0 radical (unpaired) electrons. The van der Waals surface area contributed by atoms with Gasteiger partial charge in [-0.2, -0.15) is 5.10 Å². The fraction of sp³-hybridized carbons (Fsp3) is 0.769. The summed E-state index contributed by atoms with van der Waals surface area (Å²) < 4.78 is 2.01. The van der Waals surface area contributed by atoms with Gasteiger partial charge in [0.25, 0.3) is 0 Å². The highest BCUT2D eigenvalue weighted by Gasteiger charge is 2.25. The first-order valence-electron chi connectivity index (χ1n) is 6.48. The molecule has 3 nitrogen and oxygen atoms in total. The Morgan fingerprint density at radius 1 is 1.44 bits per heavy atom. The van der Waals surface area contributed by atoms with Crippen molar-refractivity contribution in [2.75, 3.05) is 6.54 Å². The van der Waals surface area contributed by atoms with Gasteiger partial charge in [0.1, 0.15) is 0 Å². The Labute approximate surface area is 98.2 Å². The maximum atomic E-state index is 4.34. The second-order valence-corrected chi connectivity index (χ2v) is 5.18. The van der Waals surface area contributed by atoms with Crippen LogP contribution in [-0.2, 0) is 13.0 Å². The highest BCUT2D eigenvalue weighted by molar-refractivity contribution is 5.09. The fourth-order valence-electron chi connectivity index (χ4n) is 2.57. The van der Waals surface area contributed by atoms with E-state index in [1.54, 1.807) is 0 Å². The van der Waals surface area contributed by atoms with Crippen molar-refractivity contribution in [1.82, 2.24) is 15.1 Å². The molecule has 1 aromatic rings. The van der Waals surface area contributed by atoms with Crippen LogP contribution in [0.5, 0.6) is 0 Å². The first-order valence-corrected chi connectivity index (χ1v) is 6.48. The zero-order valence-corrected chi connectivity index (χ0v) is 10.5. The molecule has 0 aromatic carbocycles. The molecule has 0 amide bonds. The summed E-state index contributed by atoms with van der Waals surface area (Å²) in [6, 6.07) is 0. The van der Waals surface area contributed by atoms with Crippen LogP contribution < -0.4 is 5.32 Å². The summed E-state index contributed by atoms with van der Waals surface area (Å²) in [4.78, 5) is 0. The van der Waals surface area contributed by atoms with Crippen molar-refractivity contribution >= 4 is 0 Å². The molecule has 90 valence electrons. The molecule has 0 spiro atoms. The molecule has 1 aliphatic rings. The molecule has 1 fully saturated rings. The zero-order chi connectivity index (χ0) is 11.4. The second kappa shape index (κ2) is 5.00.